The van der Waals surface area contributed by atoms with Crippen molar-refractivity contribution in [3.05, 3.63) is 89.0 Å². The number of benzene rings is 3. The van der Waals surface area contributed by atoms with Crippen LogP contribution in [0.2, 0.25) is 0 Å². The second-order valence-electron chi connectivity index (χ2n) is 7.25. The fourth-order valence-corrected chi connectivity index (χ4v) is 4.90. The molecule has 1 amide bonds. The van der Waals surface area contributed by atoms with E-state index < -0.39 is 15.7 Å². The lowest BCUT2D eigenvalue weighted by Gasteiger charge is -2.20. The Bertz CT molecular complexity index is 1280. The summed E-state index contributed by atoms with van der Waals surface area (Å²) in [4.78, 5) is 12.8. The Kier molecular flexibility index (Phi) is 6.99. The molecule has 0 saturated heterocycles. The van der Waals surface area contributed by atoms with Crippen molar-refractivity contribution in [2.45, 2.75) is 24.4 Å². The number of halogens is 2. The summed E-state index contributed by atoms with van der Waals surface area (Å²) in [7, 11) is -0.273. The van der Waals surface area contributed by atoms with E-state index in [2.05, 4.69) is 14.1 Å². The van der Waals surface area contributed by atoms with Crippen molar-refractivity contribution in [2.24, 2.45) is 0 Å². The van der Waals surface area contributed by atoms with E-state index in [-0.39, 0.29) is 22.1 Å². The predicted molar refractivity (Wildman–Crippen MR) is 130 cm³/mol. The molecule has 0 fully saturated rings. The van der Waals surface area contributed by atoms with Crippen LogP contribution >= 0.6 is 18.6 Å². The average Bonchev–Trinajstić information content (AvgIpc) is 2.72. The van der Waals surface area contributed by atoms with Gasteiger partial charge in [-0.1, -0.05) is 39.6 Å². The molecule has 0 heterocycles. The highest BCUT2D eigenvalue weighted by Gasteiger charge is 2.26. The first kappa shape index (κ1) is 24.2. The maximum absolute atomic E-state index is 13.5. The summed E-state index contributed by atoms with van der Waals surface area (Å²) in [5, 5.41) is 0. The minimum atomic E-state index is -4.04. The van der Waals surface area contributed by atoms with E-state index in [0.717, 1.165) is 11.6 Å². The molecule has 168 valence electrons. The number of alkyl halides is 2. The monoisotopic (exact) mass is 494 g/mol. The van der Waals surface area contributed by atoms with E-state index in [1.807, 2.05) is 19.1 Å². The first-order chi connectivity index (χ1) is 14.9. The van der Waals surface area contributed by atoms with E-state index in [1.165, 1.54) is 44.2 Å². The number of aryl methyl sites for hydroxylation is 2. The van der Waals surface area contributed by atoms with Gasteiger partial charge in [-0.05, 0) is 70.8 Å². The third-order valence-electron chi connectivity index (χ3n) is 4.82. The molecule has 0 spiro atoms. The summed E-state index contributed by atoms with van der Waals surface area (Å²) >= 11 is 0. The van der Waals surface area contributed by atoms with Crippen LogP contribution in [0, 0.1) is 13.8 Å². The van der Waals surface area contributed by atoms with E-state index in [4.69, 9.17) is 0 Å². The molecule has 0 radical (unpaired) electrons. The van der Waals surface area contributed by atoms with Gasteiger partial charge in [0.25, 0.3) is 21.6 Å². The summed E-state index contributed by atoms with van der Waals surface area (Å²) in [6.45, 7) is 3.43. The smallest absolute Gasteiger partial charge is 0.283 e. The number of carbonyl (C=O) groups is 1. The first-order valence-corrected chi connectivity index (χ1v) is 12.0. The third kappa shape index (κ3) is 5.32. The number of amides is 1. The molecular weight excluding hydrogens is 472 g/mol. The summed E-state index contributed by atoms with van der Waals surface area (Å²) in [5.74, 6) is -0.253. The number of sulfonamides is 1. The third-order valence-corrected chi connectivity index (χ3v) is 7.23. The lowest BCUT2D eigenvalue weighted by molar-refractivity contribution is 0.100. The molecule has 0 bridgehead atoms. The molecule has 0 aliphatic heterocycles. The zero-order valence-corrected chi connectivity index (χ0v) is 20.5. The zero-order valence-electron chi connectivity index (χ0n) is 17.3. The molecule has 3 rings (SSSR count). The molecule has 0 aliphatic carbocycles. The van der Waals surface area contributed by atoms with Crippen LogP contribution in [0.15, 0.2) is 71.6 Å². The number of nitrogens with one attached hydrogen (secondary N) is 1. The van der Waals surface area contributed by atoms with Gasteiger partial charge in [0.1, 0.15) is 0 Å². The van der Waals surface area contributed by atoms with Gasteiger partial charge in [-0.25, -0.2) is 8.42 Å². The summed E-state index contributed by atoms with van der Waals surface area (Å²) in [6.07, 6.45) is 0. The fraction of sp³-hybridized carbons (Fsp3) is 0.136. The maximum Gasteiger partial charge on any atom is 0.283 e. The van der Waals surface area contributed by atoms with Gasteiger partial charge in [0.05, 0.1) is 4.90 Å². The van der Waals surface area contributed by atoms with Crippen LogP contribution in [-0.2, 0) is 15.7 Å². The SMILES string of the molecule is Cc1ccccc1C(=O)N(P)c1ccc(S(=O)(=O)Nc2cccc(C(F)(F)P)c2)c(C)c1. The molecular formula is C22H22F2N2O3P2S. The molecule has 32 heavy (non-hydrogen) atoms. The Hall–Kier alpha value is -2.40. The molecule has 3 aromatic carbocycles. The van der Waals surface area contributed by atoms with E-state index in [9.17, 15) is 22.0 Å². The molecule has 0 saturated carbocycles. The largest absolute Gasteiger partial charge is 0.293 e. The van der Waals surface area contributed by atoms with Gasteiger partial charge in [-0.15, -0.1) is 0 Å². The Morgan fingerprint density at radius 1 is 0.969 bits per heavy atom. The van der Waals surface area contributed by atoms with Crippen molar-refractivity contribution in [1.82, 2.24) is 0 Å². The van der Waals surface area contributed by atoms with Gasteiger partial charge < -0.3 is 0 Å². The van der Waals surface area contributed by atoms with Gasteiger partial charge in [-0.2, -0.15) is 8.78 Å². The number of carbonyl (C=O) groups excluding carboxylic acids is 1. The molecule has 0 aromatic heterocycles. The highest BCUT2D eigenvalue weighted by Crippen LogP contribution is 2.36. The average molecular weight is 494 g/mol. The maximum atomic E-state index is 13.5. The first-order valence-electron chi connectivity index (χ1n) is 9.45. The number of rotatable bonds is 6. The minimum absolute atomic E-state index is 0.0222. The standard InChI is InChI=1S/C22H22F2N2O3P2S/c1-14-6-3-4-9-19(14)21(27)26(31)18-10-11-20(15(2)12-18)32(28,29)25-17-8-5-7-16(13-17)22(23,24)30/h3-13,25H,30-31H2,1-2H3. The van der Waals surface area contributed by atoms with Crippen molar-refractivity contribution in [1.29, 1.82) is 0 Å². The van der Waals surface area contributed by atoms with Crippen molar-refractivity contribution in [3.8, 4) is 0 Å². The minimum Gasteiger partial charge on any atom is -0.293 e. The summed E-state index contributed by atoms with van der Waals surface area (Å²) in [5.41, 5.74) is -1.24. The Labute approximate surface area is 190 Å². The number of anilines is 2. The topological polar surface area (TPSA) is 66.5 Å². The van der Waals surface area contributed by atoms with Gasteiger partial charge in [0.15, 0.2) is 0 Å². The normalized spacial score (nSPS) is 11.8. The molecule has 10 heteroatoms. The lowest BCUT2D eigenvalue weighted by Crippen LogP contribution is -2.21. The second-order valence-corrected chi connectivity index (χ2v) is 10.1. The van der Waals surface area contributed by atoms with Gasteiger partial charge in [-0.3, -0.25) is 14.2 Å². The molecule has 1 N–H and O–H groups in total. The van der Waals surface area contributed by atoms with Gasteiger partial charge in [0, 0.05) is 22.5 Å². The van der Waals surface area contributed by atoms with Crippen LogP contribution in [0.5, 0.6) is 0 Å². The molecule has 2 atom stereocenters. The van der Waals surface area contributed by atoms with Crippen LogP contribution in [0.1, 0.15) is 27.0 Å². The Morgan fingerprint density at radius 3 is 2.28 bits per heavy atom. The number of hydrogen-bond donors (Lipinski definition) is 1. The Morgan fingerprint density at radius 2 is 1.66 bits per heavy atom. The van der Waals surface area contributed by atoms with Crippen LogP contribution in [0.4, 0.5) is 20.2 Å². The molecule has 3 aromatic rings. The highest BCUT2D eigenvalue weighted by molar-refractivity contribution is 7.92. The quantitative estimate of drug-likeness (QED) is 0.463. The summed E-state index contributed by atoms with van der Waals surface area (Å²) < 4.78 is 56.5. The Balaban J connectivity index is 1.87. The van der Waals surface area contributed by atoms with Gasteiger partial charge in [0.2, 0.25) is 0 Å². The van der Waals surface area contributed by atoms with Crippen molar-refractivity contribution >= 4 is 45.9 Å². The van der Waals surface area contributed by atoms with Crippen molar-refractivity contribution in [3.63, 3.8) is 0 Å². The summed E-state index contributed by atoms with van der Waals surface area (Å²) in [6, 6.07) is 16.7. The number of hydrogen-bond acceptors (Lipinski definition) is 3. The van der Waals surface area contributed by atoms with Crippen LogP contribution in [0.25, 0.3) is 0 Å². The molecule has 0 aliphatic rings. The molecule has 2 unspecified atom stereocenters. The van der Waals surface area contributed by atoms with E-state index >= 15 is 0 Å². The second kappa shape index (κ2) is 9.22. The molecule has 5 nitrogen and oxygen atoms in total. The lowest BCUT2D eigenvalue weighted by atomic mass is 10.1. The van der Waals surface area contributed by atoms with E-state index in [1.54, 1.807) is 25.1 Å². The zero-order chi connectivity index (χ0) is 23.7. The van der Waals surface area contributed by atoms with Crippen LogP contribution < -0.4 is 9.39 Å². The van der Waals surface area contributed by atoms with Crippen molar-refractivity contribution in [2.75, 3.05) is 9.39 Å². The number of nitrogens with zero attached hydrogens (tertiary/aromatic N) is 1. The fourth-order valence-electron chi connectivity index (χ4n) is 3.14. The van der Waals surface area contributed by atoms with Crippen molar-refractivity contribution < 1.29 is 22.0 Å². The van der Waals surface area contributed by atoms with Crippen LogP contribution in [0.3, 0.4) is 0 Å². The highest BCUT2D eigenvalue weighted by atomic mass is 32.2. The van der Waals surface area contributed by atoms with Crippen LogP contribution in [-0.4, -0.2) is 14.3 Å². The predicted octanol–water partition coefficient (Wildman–Crippen LogP) is 5.47. The van der Waals surface area contributed by atoms with E-state index in [0.29, 0.717) is 16.8 Å². The van der Waals surface area contributed by atoms with Gasteiger partial charge >= 0.3 is 0 Å².